The number of ether oxygens (including phenoxy) is 3. The summed E-state index contributed by atoms with van der Waals surface area (Å²) < 4.78 is 16.7. The summed E-state index contributed by atoms with van der Waals surface area (Å²) in [4.78, 5) is 38.5. The monoisotopic (exact) mass is 450 g/mol. The molecule has 3 saturated carbocycles. The Bertz CT molecular complexity index is 791. The zero-order valence-corrected chi connectivity index (χ0v) is 20.0. The molecule has 32 heavy (non-hydrogen) atoms. The summed E-state index contributed by atoms with van der Waals surface area (Å²) in [6, 6.07) is 0. The average molecular weight is 451 g/mol. The number of hydrogen-bond donors (Lipinski definition) is 1. The number of fused-ring (bicyclic) bond motifs is 2. The fourth-order valence-electron chi connectivity index (χ4n) is 8.49. The lowest BCUT2D eigenvalue weighted by atomic mass is 9.37. The summed E-state index contributed by atoms with van der Waals surface area (Å²) in [5, 5.41) is 11.9. The highest BCUT2D eigenvalue weighted by atomic mass is 16.6. The predicted octanol–water partition coefficient (Wildman–Crippen LogP) is 3.26. The molecule has 4 rings (SSSR count). The van der Waals surface area contributed by atoms with Crippen LogP contribution in [0.5, 0.6) is 0 Å². The lowest BCUT2D eigenvalue weighted by molar-refractivity contribution is -0.273. The highest BCUT2D eigenvalue weighted by Crippen LogP contribution is 2.71. The van der Waals surface area contributed by atoms with Crippen LogP contribution in [0.3, 0.4) is 0 Å². The van der Waals surface area contributed by atoms with E-state index < -0.39 is 41.4 Å². The molecule has 2 unspecified atom stereocenters. The van der Waals surface area contributed by atoms with Gasteiger partial charge in [0.15, 0.2) is 0 Å². The van der Waals surface area contributed by atoms with Gasteiger partial charge in [0.1, 0.15) is 12.7 Å². The van der Waals surface area contributed by atoms with Gasteiger partial charge in [-0.15, -0.1) is 0 Å². The lowest BCUT2D eigenvalue weighted by Crippen LogP contribution is -2.72. The number of cyclic esters (lactones) is 1. The molecule has 0 aromatic carbocycles. The summed E-state index contributed by atoms with van der Waals surface area (Å²) >= 11 is 0. The van der Waals surface area contributed by atoms with E-state index in [1.165, 1.54) is 7.11 Å². The van der Waals surface area contributed by atoms with Gasteiger partial charge in [0.2, 0.25) is 0 Å². The summed E-state index contributed by atoms with van der Waals surface area (Å²) in [7, 11) is 1.33. The van der Waals surface area contributed by atoms with Crippen LogP contribution >= 0.6 is 0 Å². The molecular weight excluding hydrogens is 412 g/mol. The van der Waals surface area contributed by atoms with Crippen LogP contribution in [0.4, 0.5) is 0 Å². The molecule has 0 bridgehead atoms. The van der Waals surface area contributed by atoms with Crippen molar-refractivity contribution >= 4 is 17.9 Å². The molecule has 1 heterocycles. The third kappa shape index (κ3) is 3.13. The van der Waals surface area contributed by atoms with Gasteiger partial charge in [0.25, 0.3) is 0 Å². The number of rotatable bonds is 4. The Hall–Kier alpha value is -1.63. The summed E-state index contributed by atoms with van der Waals surface area (Å²) in [5.41, 5.74) is -1.31. The highest BCUT2D eigenvalue weighted by molar-refractivity contribution is 5.85. The second-order valence-electron chi connectivity index (χ2n) is 11.4. The van der Waals surface area contributed by atoms with Crippen molar-refractivity contribution < 1.29 is 33.7 Å². The van der Waals surface area contributed by atoms with Gasteiger partial charge in [-0.25, -0.2) is 0 Å². The third-order valence-corrected chi connectivity index (χ3v) is 9.40. The van der Waals surface area contributed by atoms with Gasteiger partial charge in [-0.05, 0) is 54.8 Å². The standard InChI is InChI=1S/C25H38O7/c1-6-8-16(26)32-20-18(27)19-23(2,3)11-7-12-24(19,4)15-10-9-14(21(28)30-5)17-22(29)31-13-25(15,17)20/h14-15,17-20,27H,6-13H2,1-5H3/t14-,15?,17+,18-,19?,20-,24-,25-/m1/s1. The number of aliphatic hydroxyl groups is 1. The molecular formula is C25H38O7. The Morgan fingerprint density at radius 3 is 2.56 bits per heavy atom. The molecule has 7 nitrogen and oxygen atoms in total. The normalized spacial score (nSPS) is 44.5. The number of hydrogen-bond acceptors (Lipinski definition) is 7. The number of aliphatic hydroxyl groups excluding tert-OH is 1. The smallest absolute Gasteiger partial charge is 0.310 e. The molecule has 3 aliphatic carbocycles. The first-order chi connectivity index (χ1) is 15.0. The van der Waals surface area contributed by atoms with Gasteiger partial charge in [0, 0.05) is 6.42 Å². The molecule has 1 aliphatic heterocycles. The number of carbonyl (C=O) groups excluding carboxylic acids is 3. The maximum atomic E-state index is 13.1. The molecule has 7 heteroatoms. The molecule has 4 fully saturated rings. The molecule has 4 aliphatic rings. The van der Waals surface area contributed by atoms with E-state index in [0.29, 0.717) is 19.3 Å². The van der Waals surface area contributed by atoms with Crippen LogP contribution in [0.1, 0.15) is 72.6 Å². The molecule has 0 aromatic heterocycles. The van der Waals surface area contributed by atoms with Crippen LogP contribution in [0.2, 0.25) is 0 Å². The second kappa shape index (κ2) is 8.00. The van der Waals surface area contributed by atoms with Gasteiger partial charge in [-0.2, -0.15) is 0 Å². The molecule has 180 valence electrons. The van der Waals surface area contributed by atoms with Crippen molar-refractivity contribution in [1.82, 2.24) is 0 Å². The topological polar surface area (TPSA) is 99.1 Å². The molecule has 0 radical (unpaired) electrons. The zero-order valence-electron chi connectivity index (χ0n) is 20.0. The number of esters is 3. The molecule has 8 atom stereocenters. The van der Waals surface area contributed by atoms with Crippen molar-refractivity contribution in [2.24, 2.45) is 39.9 Å². The highest BCUT2D eigenvalue weighted by Gasteiger charge is 2.76. The van der Waals surface area contributed by atoms with Crippen LogP contribution < -0.4 is 0 Å². The molecule has 0 aromatic rings. The van der Waals surface area contributed by atoms with E-state index >= 15 is 0 Å². The average Bonchev–Trinajstić information content (AvgIpc) is 3.07. The van der Waals surface area contributed by atoms with E-state index in [1.54, 1.807) is 0 Å². The first-order valence-electron chi connectivity index (χ1n) is 12.2. The lowest BCUT2D eigenvalue weighted by Gasteiger charge is -2.67. The molecule has 0 amide bonds. The fourth-order valence-corrected chi connectivity index (χ4v) is 8.49. The molecule has 1 spiro atoms. The molecule has 1 N–H and O–H groups in total. The van der Waals surface area contributed by atoms with Gasteiger partial charge >= 0.3 is 17.9 Å². The van der Waals surface area contributed by atoms with Gasteiger partial charge < -0.3 is 19.3 Å². The van der Waals surface area contributed by atoms with E-state index in [9.17, 15) is 19.5 Å². The van der Waals surface area contributed by atoms with Crippen LogP contribution in [0, 0.1) is 39.9 Å². The van der Waals surface area contributed by atoms with E-state index in [-0.39, 0.29) is 41.7 Å². The maximum absolute atomic E-state index is 13.1. The summed E-state index contributed by atoms with van der Waals surface area (Å²) in [6.45, 7) is 8.58. The van der Waals surface area contributed by atoms with Crippen molar-refractivity contribution in [3.63, 3.8) is 0 Å². The van der Waals surface area contributed by atoms with Gasteiger partial charge in [0.05, 0.1) is 30.5 Å². The van der Waals surface area contributed by atoms with Crippen LogP contribution in [-0.2, 0) is 28.6 Å². The van der Waals surface area contributed by atoms with Crippen LogP contribution in [0.15, 0.2) is 0 Å². The summed E-state index contributed by atoms with van der Waals surface area (Å²) in [5.74, 6) is -2.75. The van der Waals surface area contributed by atoms with Crippen molar-refractivity contribution in [2.75, 3.05) is 13.7 Å². The number of methoxy groups -OCH3 is 1. The van der Waals surface area contributed by atoms with Crippen molar-refractivity contribution in [3.05, 3.63) is 0 Å². The first-order valence-corrected chi connectivity index (χ1v) is 12.2. The van der Waals surface area contributed by atoms with Crippen molar-refractivity contribution in [3.8, 4) is 0 Å². The van der Waals surface area contributed by atoms with Crippen LogP contribution in [0.25, 0.3) is 0 Å². The zero-order chi connectivity index (χ0) is 23.5. The van der Waals surface area contributed by atoms with E-state index in [2.05, 4.69) is 20.8 Å². The quantitative estimate of drug-likeness (QED) is 0.518. The van der Waals surface area contributed by atoms with E-state index in [1.807, 2.05) is 6.92 Å². The van der Waals surface area contributed by atoms with Crippen LogP contribution in [-0.4, -0.2) is 48.9 Å². The Morgan fingerprint density at radius 2 is 1.91 bits per heavy atom. The number of carbonyl (C=O) groups is 3. The Kier molecular flexibility index (Phi) is 5.88. The minimum absolute atomic E-state index is 0.000224. The van der Waals surface area contributed by atoms with E-state index in [4.69, 9.17) is 14.2 Å². The first kappa shape index (κ1) is 23.5. The summed E-state index contributed by atoms with van der Waals surface area (Å²) in [6.07, 6.45) is 3.28. The maximum Gasteiger partial charge on any atom is 0.310 e. The minimum Gasteiger partial charge on any atom is -0.469 e. The Labute approximate surface area is 190 Å². The van der Waals surface area contributed by atoms with Crippen molar-refractivity contribution in [1.29, 1.82) is 0 Å². The third-order valence-electron chi connectivity index (χ3n) is 9.40. The van der Waals surface area contributed by atoms with E-state index in [0.717, 1.165) is 19.3 Å². The van der Waals surface area contributed by atoms with Gasteiger partial charge in [-0.3, -0.25) is 14.4 Å². The Morgan fingerprint density at radius 1 is 1.19 bits per heavy atom. The predicted molar refractivity (Wildman–Crippen MR) is 115 cm³/mol. The Balaban J connectivity index is 1.88. The second-order valence-corrected chi connectivity index (χ2v) is 11.4. The van der Waals surface area contributed by atoms with Crippen molar-refractivity contribution in [2.45, 2.75) is 84.8 Å². The SMILES string of the molecule is CCCC(=O)O[C@@H]1[C@H](O)C2C(C)(C)CCC[C@]2(C)C2CC[C@@H](C(=O)OC)[C@H]3C(=O)OC[C@]213. The van der Waals surface area contributed by atoms with Gasteiger partial charge in [-0.1, -0.05) is 34.1 Å². The fraction of sp³-hybridized carbons (Fsp3) is 0.880. The molecule has 1 saturated heterocycles. The largest absolute Gasteiger partial charge is 0.469 e. The minimum atomic E-state index is -0.930.